The van der Waals surface area contributed by atoms with Gasteiger partial charge in [-0.05, 0) is 24.9 Å². The predicted molar refractivity (Wildman–Crippen MR) is 80.0 cm³/mol. The van der Waals surface area contributed by atoms with Gasteiger partial charge in [-0.3, -0.25) is 4.90 Å². The minimum absolute atomic E-state index is 0.228. The summed E-state index contributed by atoms with van der Waals surface area (Å²) in [5, 5.41) is 12.6. The molecule has 2 N–H and O–H groups in total. The lowest BCUT2D eigenvalue weighted by Crippen LogP contribution is -2.39. The molecule has 1 aliphatic rings. The van der Waals surface area contributed by atoms with Crippen molar-refractivity contribution in [3.63, 3.8) is 0 Å². The first-order valence-corrected chi connectivity index (χ1v) is 7.16. The lowest BCUT2D eigenvalue weighted by Gasteiger charge is -2.23. The zero-order valence-electron chi connectivity index (χ0n) is 11.5. The van der Waals surface area contributed by atoms with Gasteiger partial charge in [-0.25, -0.2) is 0 Å². The van der Waals surface area contributed by atoms with Crippen molar-refractivity contribution in [2.75, 3.05) is 32.8 Å². The largest absolute Gasteiger partial charge is 0.395 e. The molecule has 0 bridgehead atoms. The van der Waals surface area contributed by atoms with E-state index in [1.807, 2.05) is 18.2 Å². The summed E-state index contributed by atoms with van der Waals surface area (Å²) in [7, 11) is 0. The van der Waals surface area contributed by atoms with E-state index in [1.165, 1.54) is 18.4 Å². The Morgan fingerprint density at radius 2 is 2.16 bits per heavy atom. The molecule has 0 amide bonds. The third-order valence-corrected chi connectivity index (χ3v) is 3.53. The van der Waals surface area contributed by atoms with Gasteiger partial charge in [-0.1, -0.05) is 42.5 Å². The van der Waals surface area contributed by atoms with Crippen molar-refractivity contribution in [3.05, 3.63) is 42.0 Å². The SMILES string of the molecule is OCCN(C/C=C/c1ccccc1)CC1CCCN1. The van der Waals surface area contributed by atoms with E-state index in [2.05, 4.69) is 34.5 Å². The molecule has 1 saturated heterocycles. The van der Waals surface area contributed by atoms with Gasteiger partial charge in [0.1, 0.15) is 0 Å². The summed E-state index contributed by atoms with van der Waals surface area (Å²) in [6.45, 7) is 4.04. The number of rotatable bonds is 7. The van der Waals surface area contributed by atoms with Gasteiger partial charge >= 0.3 is 0 Å². The second kappa shape index (κ2) is 8.10. The molecule has 1 fully saturated rings. The molecule has 2 rings (SSSR count). The summed E-state index contributed by atoms with van der Waals surface area (Å²) in [5.41, 5.74) is 1.23. The predicted octanol–water partition coefficient (Wildman–Crippen LogP) is 1.75. The number of benzene rings is 1. The van der Waals surface area contributed by atoms with Crippen molar-refractivity contribution in [3.8, 4) is 0 Å². The summed E-state index contributed by atoms with van der Waals surface area (Å²) >= 11 is 0. The molecule has 0 spiro atoms. The first-order valence-electron chi connectivity index (χ1n) is 7.16. The maximum atomic E-state index is 9.14. The quantitative estimate of drug-likeness (QED) is 0.784. The monoisotopic (exact) mass is 260 g/mol. The molecule has 19 heavy (non-hydrogen) atoms. The van der Waals surface area contributed by atoms with Gasteiger partial charge in [-0.2, -0.15) is 0 Å². The van der Waals surface area contributed by atoms with Crippen molar-refractivity contribution < 1.29 is 5.11 Å². The van der Waals surface area contributed by atoms with Gasteiger partial charge in [-0.15, -0.1) is 0 Å². The Balaban J connectivity index is 1.80. The maximum absolute atomic E-state index is 9.14. The molecular weight excluding hydrogens is 236 g/mol. The Morgan fingerprint density at radius 3 is 2.84 bits per heavy atom. The fourth-order valence-corrected chi connectivity index (χ4v) is 2.52. The molecule has 1 aromatic rings. The number of aliphatic hydroxyl groups excluding tert-OH is 1. The minimum atomic E-state index is 0.228. The van der Waals surface area contributed by atoms with E-state index in [9.17, 15) is 0 Å². The lowest BCUT2D eigenvalue weighted by molar-refractivity contribution is 0.198. The number of nitrogens with one attached hydrogen (secondary N) is 1. The molecule has 3 nitrogen and oxygen atoms in total. The van der Waals surface area contributed by atoms with Crippen molar-refractivity contribution >= 4 is 6.08 Å². The van der Waals surface area contributed by atoms with Crippen LogP contribution in [0.25, 0.3) is 6.08 Å². The molecule has 1 aromatic carbocycles. The highest BCUT2D eigenvalue weighted by Gasteiger charge is 2.16. The van der Waals surface area contributed by atoms with Gasteiger partial charge in [0.05, 0.1) is 6.61 Å². The summed E-state index contributed by atoms with van der Waals surface area (Å²) < 4.78 is 0. The Kier molecular flexibility index (Phi) is 6.08. The molecule has 0 aliphatic carbocycles. The van der Waals surface area contributed by atoms with Crippen LogP contribution in [0.4, 0.5) is 0 Å². The van der Waals surface area contributed by atoms with E-state index in [0.717, 1.165) is 26.2 Å². The standard InChI is InChI=1S/C16H24N2O/c19-13-12-18(14-16-9-4-10-17-16)11-5-8-15-6-2-1-3-7-15/h1-3,5-8,16-17,19H,4,9-14H2/b8-5+. The Bertz CT molecular complexity index is 372. The highest BCUT2D eigenvalue weighted by atomic mass is 16.3. The van der Waals surface area contributed by atoms with Gasteiger partial charge in [0.15, 0.2) is 0 Å². The molecule has 1 unspecified atom stereocenters. The fourth-order valence-electron chi connectivity index (χ4n) is 2.52. The van der Waals surface area contributed by atoms with E-state index < -0.39 is 0 Å². The number of nitrogens with zero attached hydrogens (tertiary/aromatic N) is 1. The van der Waals surface area contributed by atoms with Crippen LogP contribution < -0.4 is 5.32 Å². The van der Waals surface area contributed by atoms with Crippen LogP contribution in [0.3, 0.4) is 0 Å². The van der Waals surface area contributed by atoms with E-state index in [-0.39, 0.29) is 6.61 Å². The fraction of sp³-hybridized carbons (Fsp3) is 0.500. The van der Waals surface area contributed by atoms with Crippen LogP contribution in [0.1, 0.15) is 18.4 Å². The average Bonchev–Trinajstić information content (AvgIpc) is 2.93. The molecule has 0 saturated carbocycles. The third kappa shape index (κ3) is 5.15. The van der Waals surface area contributed by atoms with Crippen LogP contribution in [0.15, 0.2) is 36.4 Å². The lowest BCUT2D eigenvalue weighted by atomic mass is 10.2. The van der Waals surface area contributed by atoms with Crippen LogP contribution in [-0.2, 0) is 0 Å². The van der Waals surface area contributed by atoms with Gasteiger partial charge in [0.25, 0.3) is 0 Å². The van der Waals surface area contributed by atoms with E-state index in [1.54, 1.807) is 0 Å². The van der Waals surface area contributed by atoms with Gasteiger partial charge in [0, 0.05) is 25.7 Å². The molecule has 0 aromatic heterocycles. The second-order valence-corrected chi connectivity index (χ2v) is 5.09. The summed E-state index contributed by atoms with van der Waals surface area (Å²) in [6.07, 6.45) is 6.86. The van der Waals surface area contributed by atoms with E-state index in [0.29, 0.717) is 6.04 Å². The highest BCUT2D eigenvalue weighted by molar-refractivity contribution is 5.48. The average molecular weight is 260 g/mol. The maximum Gasteiger partial charge on any atom is 0.0558 e. The van der Waals surface area contributed by atoms with Crippen molar-refractivity contribution in [1.82, 2.24) is 10.2 Å². The van der Waals surface area contributed by atoms with Crippen molar-refractivity contribution in [2.24, 2.45) is 0 Å². The smallest absolute Gasteiger partial charge is 0.0558 e. The first-order chi connectivity index (χ1) is 9.38. The summed E-state index contributed by atoms with van der Waals surface area (Å²) in [5.74, 6) is 0. The van der Waals surface area contributed by atoms with Crippen LogP contribution in [-0.4, -0.2) is 48.8 Å². The Labute approximate surface area is 115 Å². The van der Waals surface area contributed by atoms with E-state index >= 15 is 0 Å². The van der Waals surface area contributed by atoms with Crippen molar-refractivity contribution in [2.45, 2.75) is 18.9 Å². The summed E-state index contributed by atoms with van der Waals surface area (Å²) in [6, 6.07) is 10.9. The Hall–Kier alpha value is -1.16. The number of hydrogen-bond donors (Lipinski definition) is 2. The number of aliphatic hydroxyl groups is 1. The zero-order chi connectivity index (χ0) is 13.3. The summed E-state index contributed by atoms with van der Waals surface area (Å²) in [4.78, 5) is 2.31. The van der Waals surface area contributed by atoms with Crippen molar-refractivity contribution in [1.29, 1.82) is 0 Å². The molecule has 1 heterocycles. The van der Waals surface area contributed by atoms with Crippen LogP contribution in [0.5, 0.6) is 0 Å². The molecule has 0 radical (unpaired) electrons. The van der Waals surface area contributed by atoms with Crippen LogP contribution >= 0.6 is 0 Å². The topological polar surface area (TPSA) is 35.5 Å². The number of hydrogen-bond acceptors (Lipinski definition) is 3. The highest BCUT2D eigenvalue weighted by Crippen LogP contribution is 2.07. The van der Waals surface area contributed by atoms with E-state index in [4.69, 9.17) is 5.11 Å². The zero-order valence-corrected chi connectivity index (χ0v) is 11.5. The second-order valence-electron chi connectivity index (χ2n) is 5.09. The van der Waals surface area contributed by atoms with Gasteiger partial charge in [0.2, 0.25) is 0 Å². The Morgan fingerprint density at radius 1 is 1.32 bits per heavy atom. The van der Waals surface area contributed by atoms with Crippen LogP contribution in [0, 0.1) is 0 Å². The van der Waals surface area contributed by atoms with Crippen LogP contribution in [0.2, 0.25) is 0 Å². The molecule has 1 atom stereocenters. The normalized spacial score (nSPS) is 19.6. The first kappa shape index (κ1) is 14.3. The minimum Gasteiger partial charge on any atom is -0.395 e. The third-order valence-electron chi connectivity index (χ3n) is 3.53. The van der Waals surface area contributed by atoms with Gasteiger partial charge < -0.3 is 10.4 Å². The molecule has 3 heteroatoms. The molecular formula is C16H24N2O. The molecule has 104 valence electrons. The molecule has 1 aliphatic heterocycles.